The van der Waals surface area contributed by atoms with Crippen LogP contribution >= 0.6 is 0 Å². The minimum atomic E-state index is -2.11. The fourth-order valence-electron chi connectivity index (χ4n) is 9.66. The molecular weight excluding hydrogens is 1140 g/mol. The van der Waals surface area contributed by atoms with Gasteiger partial charge in [0.15, 0.2) is 0 Å². The van der Waals surface area contributed by atoms with Crippen molar-refractivity contribution in [3.05, 3.63) is 144 Å². The molecule has 8 bridgehead atoms. The van der Waals surface area contributed by atoms with Crippen LogP contribution < -0.4 is 18.9 Å². The van der Waals surface area contributed by atoms with Crippen LogP contribution in [0.2, 0.25) is 0 Å². The third-order valence-electron chi connectivity index (χ3n) is 13.9. The smallest absolute Gasteiger partial charge is 0.356 e. The molecule has 0 saturated carbocycles. The highest BCUT2D eigenvalue weighted by Gasteiger charge is 2.28. The molecule has 0 spiro atoms. The summed E-state index contributed by atoms with van der Waals surface area (Å²) in [6.07, 6.45) is 5.84. The highest BCUT2D eigenvalue weighted by Crippen LogP contribution is 2.40. The average Bonchev–Trinajstić information content (AvgIpc) is 1.95. The first kappa shape index (κ1) is 64.7. The number of aromatic nitrogens is 4. The Morgan fingerprint density at radius 3 is 0.820 bits per heavy atom. The van der Waals surface area contributed by atoms with Gasteiger partial charge in [0.1, 0.15) is 42.8 Å². The quantitative estimate of drug-likeness (QED) is 0.0207. The predicted octanol–water partition coefficient (Wildman–Crippen LogP) is 10.4. The first-order valence-corrected chi connectivity index (χ1v) is 29.2. The standard InChI is InChI=1S/C68H74N4O17/c1-77-28-31-80-34-37-83-40-43-86-50-12-4-46(5-13-50)62-54-20-22-56(69-54)63(47-6-14-51(15-7-47)87-44-41-84-38-35-81-32-29-78-2)58-24-26-60(71-58)65(49-10-18-53(19-11-49)89-66(67(73)74)68(75)76)61-27-25-59(72-61)64(57-23-21-55(62)70-57)48-8-16-52(17-9-48)88-45-42-85-39-36-82-33-30-79-3/h4-27,66,69,72H,28-45H2,1-3H3,(H,73,74)(H,75,76). The highest BCUT2D eigenvalue weighted by molar-refractivity contribution is 6.00. The number of nitrogens with zero attached hydrogens (tertiary/aromatic N) is 2. The van der Waals surface area contributed by atoms with E-state index in [0.29, 0.717) is 176 Å². The number of H-pyrrole nitrogens is 2. The number of hydrogen-bond acceptors (Lipinski definition) is 17. The van der Waals surface area contributed by atoms with E-state index in [4.69, 9.17) is 71.5 Å². The Hall–Kier alpha value is -8.74. The van der Waals surface area contributed by atoms with Gasteiger partial charge in [0.05, 0.1) is 122 Å². The summed E-state index contributed by atoms with van der Waals surface area (Å²) in [5.74, 6) is -1.22. The van der Waals surface area contributed by atoms with Crippen LogP contribution in [0.3, 0.4) is 0 Å². The Morgan fingerprint density at radius 1 is 0.337 bits per heavy atom. The predicted molar refractivity (Wildman–Crippen MR) is 337 cm³/mol. The van der Waals surface area contributed by atoms with Gasteiger partial charge in [0.2, 0.25) is 0 Å². The first-order chi connectivity index (χ1) is 43.7. The van der Waals surface area contributed by atoms with Gasteiger partial charge in [-0.3, -0.25) is 0 Å². The monoisotopic (exact) mass is 1220 g/mol. The molecule has 9 rings (SSSR count). The SMILES string of the molecule is COCCOCCOCCOc1ccc(-c2c3nc(c(-c4ccc(OCCOCCOCCOC)cc4)c4ccc([nH]4)c(-c4ccc(OC(C(=O)O)C(=O)O)cc4)c4nc(c(-c5ccc(OCCOCCOCCOC)cc5)c5ccc2[nH]5)C=C4)C=C3)cc1. The minimum Gasteiger partial charge on any atom is -0.491 e. The van der Waals surface area contributed by atoms with Gasteiger partial charge in [-0.05, 0) is 119 Å². The Bertz CT molecular complexity index is 3540. The molecule has 4 N–H and O–H groups in total. The summed E-state index contributed by atoms with van der Waals surface area (Å²) in [5.41, 5.74) is 12.0. The molecule has 5 heterocycles. The lowest BCUT2D eigenvalue weighted by atomic mass is 10.0. The Morgan fingerprint density at radius 2 is 0.573 bits per heavy atom. The molecule has 0 amide bonds. The van der Waals surface area contributed by atoms with E-state index in [-0.39, 0.29) is 5.75 Å². The van der Waals surface area contributed by atoms with Crippen LogP contribution in [0.5, 0.6) is 23.0 Å². The van der Waals surface area contributed by atoms with Crippen LogP contribution in [-0.2, 0) is 52.2 Å². The molecule has 0 aliphatic carbocycles. The van der Waals surface area contributed by atoms with Crippen molar-refractivity contribution in [2.75, 3.05) is 140 Å². The van der Waals surface area contributed by atoms with Crippen molar-refractivity contribution in [1.29, 1.82) is 0 Å². The van der Waals surface area contributed by atoms with E-state index < -0.39 is 18.0 Å². The number of fused-ring (bicyclic) bond motifs is 8. The Balaban J connectivity index is 1.14. The maximum atomic E-state index is 11.8. The van der Waals surface area contributed by atoms with E-state index in [1.807, 2.05) is 121 Å². The summed E-state index contributed by atoms with van der Waals surface area (Å²) in [6.45, 7) is 7.92. The number of benzene rings is 4. The van der Waals surface area contributed by atoms with Gasteiger partial charge >= 0.3 is 11.9 Å². The van der Waals surface area contributed by atoms with Crippen molar-refractivity contribution in [3.8, 4) is 67.5 Å². The highest BCUT2D eigenvalue weighted by atomic mass is 16.6. The number of nitrogens with one attached hydrogen (secondary N) is 2. The second-order valence-electron chi connectivity index (χ2n) is 20.0. The number of carboxylic acid groups (broad SMARTS) is 2. The fraction of sp³-hybridized carbons (Fsp3) is 0.324. The molecule has 2 aliphatic heterocycles. The van der Waals surface area contributed by atoms with Crippen LogP contribution in [0.15, 0.2) is 121 Å². The summed E-state index contributed by atoms with van der Waals surface area (Å²) < 4.78 is 72.6. The molecule has 21 nitrogen and oxygen atoms in total. The summed E-state index contributed by atoms with van der Waals surface area (Å²) in [4.78, 5) is 42.1. The van der Waals surface area contributed by atoms with Crippen molar-refractivity contribution >= 4 is 58.3 Å². The zero-order chi connectivity index (χ0) is 62.0. The van der Waals surface area contributed by atoms with Gasteiger partial charge in [0.25, 0.3) is 6.10 Å². The van der Waals surface area contributed by atoms with Crippen LogP contribution in [0.1, 0.15) is 22.8 Å². The third kappa shape index (κ3) is 18.4. The van der Waals surface area contributed by atoms with Crippen LogP contribution in [0.25, 0.3) is 90.9 Å². The van der Waals surface area contributed by atoms with Gasteiger partial charge in [-0.15, -0.1) is 0 Å². The van der Waals surface area contributed by atoms with E-state index >= 15 is 0 Å². The van der Waals surface area contributed by atoms with E-state index in [2.05, 4.69) is 9.97 Å². The number of methoxy groups -OCH3 is 3. The summed E-state index contributed by atoms with van der Waals surface area (Å²) in [7, 11) is 4.90. The lowest BCUT2D eigenvalue weighted by Crippen LogP contribution is -2.35. The summed E-state index contributed by atoms with van der Waals surface area (Å²) in [5, 5.41) is 19.2. The number of hydrogen-bond donors (Lipinski definition) is 4. The number of carboxylic acids is 2. The number of carbonyl (C=O) groups is 2. The van der Waals surface area contributed by atoms with E-state index in [1.54, 1.807) is 33.5 Å². The second kappa shape index (κ2) is 34.1. The first-order valence-electron chi connectivity index (χ1n) is 29.2. The van der Waals surface area contributed by atoms with Crippen LogP contribution in [-0.4, -0.2) is 188 Å². The van der Waals surface area contributed by atoms with E-state index in [0.717, 1.165) is 49.9 Å². The Kier molecular flexibility index (Phi) is 24.8. The Labute approximate surface area is 515 Å². The van der Waals surface area contributed by atoms with Crippen molar-refractivity contribution < 1.29 is 81.4 Å². The minimum absolute atomic E-state index is 0.0528. The maximum Gasteiger partial charge on any atom is 0.356 e. The molecule has 89 heavy (non-hydrogen) atoms. The molecule has 468 valence electrons. The normalized spacial score (nSPS) is 11.8. The molecule has 0 fully saturated rings. The summed E-state index contributed by atoms with van der Waals surface area (Å²) in [6, 6.07) is 38.2. The van der Waals surface area contributed by atoms with Gasteiger partial charge in [-0.1, -0.05) is 48.5 Å². The molecule has 0 unspecified atom stereocenters. The number of aromatic amines is 2. The molecule has 0 radical (unpaired) electrons. The third-order valence-corrected chi connectivity index (χ3v) is 13.9. The van der Waals surface area contributed by atoms with E-state index in [1.165, 1.54) is 12.1 Å². The molecule has 4 aromatic carbocycles. The fourth-order valence-corrected chi connectivity index (χ4v) is 9.66. The largest absolute Gasteiger partial charge is 0.491 e. The zero-order valence-electron chi connectivity index (χ0n) is 50.1. The molecule has 2 aliphatic rings. The molecule has 7 aromatic rings. The van der Waals surface area contributed by atoms with Gasteiger partial charge in [-0.25, -0.2) is 19.6 Å². The lowest BCUT2D eigenvalue weighted by molar-refractivity contribution is -0.159. The molecule has 0 saturated heterocycles. The second-order valence-corrected chi connectivity index (χ2v) is 20.0. The number of ether oxygens (including phenoxy) is 13. The van der Waals surface area contributed by atoms with Gasteiger partial charge in [0, 0.05) is 65.7 Å². The molecule has 3 aromatic heterocycles. The maximum absolute atomic E-state index is 11.8. The van der Waals surface area contributed by atoms with Crippen molar-refractivity contribution in [3.63, 3.8) is 0 Å². The number of aliphatic carboxylic acids is 2. The van der Waals surface area contributed by atoms with Crippen LogP contribution in [0.4, 0.5) is 0 Å². The topological polar surface area (TPSA) is 252 Å². The molecular formula is C68H74N4O17. The van der Waals surface area contributed by atoms with Gasteiger partial charge in [-0.2, -0.15) is 0 Å². The van der Waals surface area contributed by atoms with Crippen LogP contribution in [0, 0.1) is 0 Å². The van der Waals surface area contributed by atoms with Crippen molar-refractivity contribution in [2.24, 2.45) is 0 Å². The lowest BCUT2D eigenvalue weighted by Gasteiger charge is -2.12. The zero-order valence-corrected chi connectivity index (χ0v) is 50.1. The molecule has 0 atom stereocenters. The average molecular weight is 1220 g/mol. The van der Waals surface area contributed by atoms with E-state index in [9.17, 15) is 19.8 Å². The molecule has 21 heteroatoms. The van der Waals surface area contributed by atoms with Crippen molar-refractivity contribution in [2.45, 2.75) is 6.10 Å². The summed E-state index contributed by atoms with van der Waals surface area (Å²) >= 11 is 0. The number of rotatable bonds is 38. The van der Waals surface area contributed by atoms with Crippen molar-refractivity contribution in [1.82, 2.24) is 19.9 Å². The van der Waals surface area contributed by atoms with Gasteiger partial charge < -0.3 is 81.8 Å².